The molecule has 1 aromatic rings. The quantitative estimate of drug-likeness (QED) is 0.540. The molecule has 1 aliphatic carbocycles. The molecule has 1 atom stereocenters. The van der Waals surface area contributed by atoms with Gasteiger partial charge in [-0.05, 0) is 37.1 Å². The van der Waals surface area contributed by atoms with Crippen LogP contribution in [0.2, 0.25) is 0 Å². The Balaban J connectivity index is 1.64. The van der Waals surface area contributed by atoms with E-state index in [1.165, 1.54) is 0 Å². The number of benzene rings is 1. The predicted molar refractivity (Wildman–Crippen MR) is 94.4 cm³/mol. The van der Waals surface area contributed by atoms with E-state index < -0.39 is 17.8 Å². The first-order chi connectivity index (χ1) is 11.5. The average Bonchev–Trinajstić information content (AvgIpc) is 2.73. The van der Waals surface area contributed by atoms with Gasteiger partial charge in [-0.2, -0.15) is 0 Å². The molecule has 3 amide bonds. The zero-order chi connectivity index (χ0) is 17.2. The van der Waals surface area contributed by atoms with Crippen molar-refractivity contribution in [3.63, 3.8) is 0 Å². The van der Waals surface area contributed by atoms with E-state index >= 15 is 0 Å². The molecule has 0 aromatic heterocycles. The minimum Gasteiger partial charge on any atom is -0.372 e. The number of aliphatic hydroxyl groups excluding tert-OH is 1. The average molecular weight is 396 g/mol. The van der Waals surface area contributed by atoms with Crippen molar-refractivity contribution >= 4 is 33.6 Å². The van der Waals surface area contributed by atoms with Gasteiger partial charge >= 0.3 is 6.03 Å². The topological polar surface area (TPSA) is 81.7 Å². The van der Waals surface area contributed by atoms with E-state index in [0.717, 1.165) is 40.7 Å². The summed E-state index contributed by atoms with van der Waals surface area (Å²) in [6.45, 7) is -0.0670. The third kappa shape index (κ3) is 3.57. The molecular weight excluding hydrogens is 374 g/mol. The van der Waals surface area contributed by atoms with Crippen molar-refractivity contribution in [2.24, 2.45) is 0 Å². The first-order valence-electron chi connectivity index (χ1n) is 8.34. The van der Waals surface area contributed by atoms with Crippen LogP contribution in [-0.4, -0.2) is 40.3 Å². The first-order valence-corrected chi connectivity index (χ1v) is 9.14. The van der Waals surface area contributed by atoms with Crippen molar-refractivity contribution in [1.29, 1.82) is 0 Å². The van der Waals surface area contributed by atoms with Crippen molar-refractivity contribution in [3.8, 4) is 0 Å². The molecule has 3 N–H and O–H groups in total. The number of carbonyl (C=O) groups is 2. The second-order valence-corrected chi connectivity index (χ2v) is 7.42. The number of hydrogen-bond acceptors (Lipinski definition) is 4. The first kappa shape index (κ1) is 17.2. The number of rotatable bonds is 4. The van der Waals surface area contributed by atoms with Crippen LogP contribution in [0.4, 0.5) is 10.5 Å². The van der Waals surface area contributed by atoms with Crippen LogP contribution in [0.1, 0.15) is 38.5 Å². The van der Waals surface area contributed by atoms with Crippen molar-refractivity contribution in [1.82, 2.24) is 10.2 Å². The number of imide groups is 1. The van der Waals surface area contributed by atoms with Gasteiger partial charge in [0, 0.05) is 10.2 Å². The van der Waals surface area contributed by atoms with Crippen molar-refractivity contribution < 1.29 is 14.7 Å². The summed E-state index contributed by atoms with van der Waals surface area (Å²) in [7, 11) is 0. The molecule has 1 aliphatic heterocycles. The second-order valence-electron chi connectivity index (χ2n) is 6.51. The highest BCUT2D eigenvalue weighted by Gasteiger charge is 2.50. The maximum atomic E-state index is 12.8. The lowest BCUT2D eigenvalue weighted by Gasteiger charge is -2.25. The predicted octanol–water partition coefficient (Wildman–Crippen LogP) is 2.82. The molecule has 3 rings (SSSR count). The van der Waals surface area contributed by atoms with E-state index in [4.69, 9.17) is 0 Å². The van der Waals surface area contributed by atoms with Gasteiger partial charge in [0.05, 0.1) is 6.54 Å². The SMILES string of the molecule is O=C1NC2(CCCCCC2)C(=O)N1CC(O)Nc1ccc(Br)cc1. The number of nitrogens with one attached hydrogen (secondary N) is 2. The van der Waals surface area contributed by atoms with Gasteiger partial charge in [0.2, 0.25) is 0 Å². The van der Waals surface area contributed by atoms with Crippen LogP contribution in [0, 0.1) is 0 Å². The third-order valence-electron chi connectivity index (χ3n) is 4.74. The number of nitrogens with zero attached hydrogens (tertiary/aromatic N) is 1. The number of hydrogen-bond donors (Lipinski definition) is 3. The van der Waals surface area contributed by atoms with Gasteiger partial charge in [0.25, 0.3) is 5.91 Å². The minimum atomic E-state index is -1.01. The lowest BCUT2D eigenvalue weighted by molar-refractivity contribution is -0.132. The van der Waals surface area contributed by atoms with E-state index in [0.29, 0.717) is 12.8 Å². The largest absolute Gasteiger partial charge is 0.372 e. The summed E-state index contributed by atoms with van der Waals surface area (Å²) in [5.41, 5.74) is -0.0350. The Morgan fingerprint density at radius 1 is 1.17 bits per heavy atom. The number of anilines is 1. The molecule has 1 saturated heterocycles. The van der Waals surface area contributed by atoms with Crippen LogP contribution in [0.25, 0.3) is 0 Å². The number of aliphatic hydroxyl groups is 1. The highest BCUT2D eigenvalue weighted by atomic mass is 79.9. The molecule has 1 spiro atoms. The van der Waals surface area contributed by atoms with E-state index in [9.17, 15) is 14.7 Å². The maximum Gasteiger partial charge on any atom is 0.325 e. The molecule has 0 radical (unpaired) electrons. The zero-order valence-corrected chi connectivity index (χ0v) is 15.0. The van der Waals surface area contributed by atoms with Crippen molar-refractivity contribution in [3.05, 3.63) is 28.7 Å². The fraction of sp³-hybridized carbons (Fsp3) is 0.529. The molecule has 2 aliphatic rings. The molecule has 24 heavy (non-hydrogen) atoms. The summed E-state index contributed by atoms with van der Waals surface area (Å²) in [6, 6.07) is 6.92. The molecule has 1 aromatic carbocycles. The van der Waals surface area contributed by atoms with Gasteiger partial charge in [-0.15, -0.1) is 0 Å². The van der Waals surface area contributed by atoms with E-state index in [1.807, 2.05) is 24.3 Å². The zero-order valence-electron chi connectivity index (χ0n) is 13.4. The van der Waals surface area contributed by atoms with Crippen LogP contribution in [0.3, 0.4) is 0 Å². The van der Waals surface area contributed by atoms with E-state index in [2.05, 4.69) is 26.6 Å². The molecule has 7 heteroatoms. The molecule has 130 valence electrons. The van der Waals surface area contributed by atoms with Crippen LogP contribution in [-0.2, 0) is 4.79 Å². The normalized spacial score (nSPS) is 21.5. The second kappa shape index (κ2) is 7.11. The maximum absolute atomic E-state index is 12.8. The molecule has 0 bridgehead atoms. The van der Waals surface area contributed by atoms with Crippen molar-refractivity contribution in [2.45, 2.75) is 50.3 Å². The van der Waals surface area contributed by atoms with Crippen LogP contribution in [0.5, 0.6) is 0 Å². The van der Waals surface area contributed by atoms with Gasteiger partial charge in [-0.25, -0.2) is 4.79 Å². The standard InChI is InChI=1S/C17H22BrN3O3/c18-12-5-7-13(8-6-12)19-14(22)11-21-15(23)17(20-16(21)24)9-3-1-2-4-10-17/h5-8,14,19,22H,1-4,9-11H2,(H,20,24). The van der Waals surface area contributed by atoms with Crippen molar-refractivity contribution in [2.75, 3.05) is 11.9 Å². The summed E-state index contributed by atoms with van der Waals surface area (Å²) < 4.78 is 0.937. The number of amides is 3. The summed E-state index contributed by atoms with van der Waals surface area (Å²) in [5.74, 6) is -0.203. The highest BCUT2D eigenvalue weighted by Crippen LogP contribution is 2.32. The summed E-state index contributed by atoms with van der Waals surface area (Å²) in [5, 5.41) is 16.0. The van der Waals surface area contributed by atoms with Crippen LogP contribution < -0.4 is 10.6 Å². The minimum absolute atomic E-state index is 0.0670. The Hall–Kier alpha value is -1.60. The van der Waals surface area contributed by atoms with E-state index in [1.54, 1.807) is 0 Å². The lowest BCUT2D eigenvalue weighted by Crippen LogP contribution is -2.47. The fourth-order valence-electron chi connectivity index (χ4n) is 3.47. The number of urea groups is 1. The molecule has 2 fully saturated rings. The lowest BCUT2D eigenvalue weighted by atomic mass is 9.90. The molecule has 1 unspecified atom stereocenters. The highest BCUT2D eigenvalue weighted by molar-refractivity contribution is 9.10. The van der Waals surface area contributed by atoms with Crippen LogP contribution >= 0.6 is 15.9 Å². The van der Waals surface area contributed by atoms with Gasteiger partial charge in [0.15, 0.2) is 0 Å². The van der Waals surface area contributed by atoms with E-state index in [-0.39, 0.29) is 12.5 Å². The van der Waals surface area contributed by atoms with Crippen LogP contribution in [0.15, 0.2) is 28.7 Å². The van der Waals surface area contributed by atoms with Gasteiger partial charge in [-0.3, -0.25) is 9.69 Å². The molecular formula is C17H22BrN3O3. The molecule has 1 saturated carbocycles. The van der Waals surface area contributed by atoms with Gasteiger partial charge in [-0.1, -0.05) is 41.6 Å². The monoisotopic (exact) mass is 395 g/mol. The number of carbonyl (C=O) groups excluding carboxylic acids is 2. The van der Waals surface area contributed by atoms with Gasteiger partial charge < -0.3 is 15.7 Å². The number of β-amino-alcohol motifs (C(OH)–C–C–N with tert-alkyl or cyclic N) is 1. The number of halogens is 1. The fourth-order valence-corrected chi connectivity index (χ4v) is 3.73. The Morgan fingerprint density at radius 3 is 2.42 bits per heavy atom. The smallest absolute Gasteiger partial charge is 0.325 e. The summed E-state index contributed by atoms with van der Waals surface area (Å²) in [4.78, 5) is 26.2. The molecule has 6 nitrogen and oxygen atoms in total. The summed E-state index contributed by atoms with van der Waals surface area (Å²) >= 11 is 3.35. The Morgan fingerprint density at radius 2 is 1.79 bits per heavy atom. The summed E-state index contributed by atoms with van der Waals surface area (Å²) in [6.07, 6.45) is 4.44. The molecule has 1 heterocycles. The Labute approximate surface area is 149 Å². The third-order valence-corrected chi connectivity index (χ3v) is 5.26. The Bertz CT molecular complexity index is 612. The van der Waals surface area contributed by atoms with Gasteiger partial charge in [0.1, 0.15) is 11.8 Å². The Kier molecular flexibility index (Phi) is 5.10.